The molecule has 0 aliphatic carbocycles. The fourth-order valence-electron chi connectivity index (χ4n) is 5.65. The highest BCUT2D eigenvalue weighted by Gasteiger charge is 2.34. The van der Waals surface area contributed by atoms with Gasteiger partial charge in [0.2, 0.25) is 0 Å². The summed E-state index contributed by atoms with van der Waals surface area (Å²) in [6.45, 7) is 0. The number of hydrogen-bond acceptors (Lipinski definition) is 9. The zero-order valence-electron chi connectivity index (χ0n) is 27.7. The summed E-state index contributed by atoms with van der Waals surface area (Å²) in [6.07, 6.45) is -1.13. The molecule has 6 aromatic rings. The topological polar surface area (TPSA) is 137 Å². The first-order valence-electron chi connectivity index (χ1n) is 16.0. The number of amidine groups is 2. The quantitative estimate of drug-likeness (QED) is 0.130. The Balaban J connectivity index is 1.49. The molecule has 0 aromatic heterocycles. The summed E-state index contributed by atoms with van der Waals surface area (Å²) in [4.78, 5) is 13.8. The summed E-state index contributed by atoms with van der Waals surface area (Å²) in [5.41, 5.74) is 1.65. The van der Waals surface area contributed by atoms with Crippen LogP contribution < -0.4 is 4.90 Å². The molecule has 1 unspecified atom stereocenters. The van der Waals surface area contributed by atoms with Crippen LogP contribution in [0.3, 0.4) is 0 Å². The van der Waals surface area contributed by atoms with Crippen molar-refractivity contribution in [1.82, 2.24) is 0 Å². The van der Waals surface area contributed by atoms with E-state index in [1.54, 1.807) is 59.5 Å². The van der Waals surface area contributed by atoms with Gasteiger partial charge in [-0.3, -0.25) is 14.0 Å². The molecule has 0 amide bonds. The van der Waals surface area contributed by atoms with Gasteiger partial charge < -0.3 is 0 Å². The van der Waals surface area contributed by atoms with Crippen LogP contribution in [0.4, 0.5) is 14.5 Å². The van der Waals surface area contributed by atoms with Gasteiger partial charge in [0.05, 0.1) is 9.79 Å². The number of nitrogens with zero attached hydrogens (tertiary/aromatic N) is 3. The minimum atomic E-state index is -4.67. The highest BCUT2D eigenvalue weighted by molar-refractivity contribution is 7.99. The zero-order chi connectivity index (χ0) is 38.0. The molecule has 1 aliphatic rings. The Morgan fingerprint density at radius 1 is 0.574 bits per heavy atom. The third-order valence-corrected chi connectivity index (χ3v) is 12.0. The second-order valence-corrected chi connectivity index (χ2v) is 16.8. The van der Waals surface area contributed by atoms with Gasteiger partial charge in [-0.15, -0.1) is 0 Å². The van der Waals surface area contributed by atoms with E-state index in [1.807, 2.05) is 30.3 Å². The number of rotatable bonds is 10. The fourth-order valence-corrected chi connectivity index (χ4v) is 8.59. The summed E-state index contributed by atoms with van der Waals surface area (Å²) in [7, 11) is -9.34. The van der Waals surface area contributed by atoms with E-state index in [4.69, 9.17) is 9.98 Å². The van der Waals surface area contributed by atoms with E-state index in [-0.39, 0.29) is 23.2 Å². The molecule has 272 valence electrons. The molecule has 54 heavy (non-hydrogen) atoms. The number of hydrogen-bond donors (Lipinski definition) is 2. The summed E-state index contributed by atoms with van der Waals surface area (Å²) >= 11 is 2.68. The first-order valence-corrected chi connectivity index (χ1v) is 20.5. The first-order chi connectivity index (χ1) is 25.8. The molecule has 0 fully saturated rings. The molecule has 0 saturated heterocycles. The van der Waals surface area contributed by atoms with Crippen LogP contribution in [0.5, 0.6) is 0 Å². The Morgan fingerprint density at radius 3 is 1.65 bits per heavy atom. The smallest absolute Gasteiger partial charge is 0.294 e. The van der Waals surface area contributed by atoms with Crippen molar-refractivity contribution < 1.29 is 34.7 Å². The van der Waals surface area contributed by atoms with Crippen molar-refractivity contribution in [3.8, 4) is 0 Å². The molecule has 15 heteroatoms. The minimum Gasteiger partial charge on any atom is -0.299 e. The summed E-state index contributed by atoms with van der Waals surface area (Å²) in [5.74, 6) is -0.297. The van der Waals surface area contributed by atoms with Gasteiger partial charge in [0.15, 0.2) is 12.0 Å². The van der Waals surface area contributed by atoms with E-state index in [2.05, 4.69) is 0 Å². The van der Waals surface area contributed by atoms with E-state index in [0.29, 0.717) is 31.4 Å². The summed E-state index contributed by atoms with van der Waals surface area (Å²) < 4.78 is 97.2. The molecule has 9 nitrogen and oxygen atoms in total. The third kappa shape index (κ3) is 8.31. The Labute approximate surface area is 318 Å². The van der Waals surface area contributed by atoms with Gasteiger partial charge in [0.25, 0.3) is 20.2 Å². The normalized spacial score (nSPS) is 14.7. The van der Waals surface area contributed by atoms with Gasteiger partial charge in [0.1, 0.15) is 17.5 Å². The lowest BCUT2D eigenvalue weighted by molar-refractivity contribution is 0.480. The van der Waals surface area contributed by atoms with Crippen LogP contribution in [-0.2, 0) is 20.2 Å². The maximum atomic E-state index is 13.9. The monoisotopic (exact) mass is 799 g/mol. The molecular weight excluding hydrogens is 773 g/mol. The Bertz CT molecular complexity index is 2660. The van der Waals surface area contributed by atoms with Crippen LogP contribution in [0.1, 0.15) is 22.9 Å². The second-order valence-electron chi connectivity index (χ2n) is 11.8. The van der Waals surface area contributed by atoms with Crippen molar-refractivity contribution in [2.24, 2.45) is 9.98 Å². The molecule has 0 bridgehead atoms. The minimum absolute atomic E-state index is 0.223. The van der Waals surface area contributed by atoms with E-state index >= 15 is 0 Å². The fraction of sp³-hybridized carbons (Fsp3) is 0.0256. The van der Waals surface area contributed by atoms with Crippen molar-refractivity contribution in [2.45, 2.75) is 35.5 Å². The van der Waals surface area contributed by atoms with Gasteiger partial charge in [0, 0.05) is 36.4 Å². The van der Waals surface area contributed by atoms with Gasteiger partial charge >= 0.3 is 0 Å². The van der Waals surface area contributed by atoms with Crippen molar-refractivity contribution >= 4 is 61.1 Å². The molecular formula is C39H27F2N3O6S4. The standard InChI is InChI=1S/C39H27F2N3O6S4/c40-26-15-19-29(20-16-26)51-35-13-3-1-11-33(35)37-42-38(25-7-5-9-31(23-25)53(45,46)47)44(28-8-6-10-32(24-28)54(48,49)50)39(43-37)34-12-2-4-14-36(34)52-30-21-17-27(41)18-22-30/h1-24,38H,(H,45,46,47)(H,48,49,50). The average Bonchev–Trinajstić information content (AvgIpc) is 3.16. The summed E-state index contributed by atoms with van der Waals surface area (Å²) in [6, 6.07) is 37.6. The van der Waals surface area contributed by atoms with Crippen LogP contribution in [0.2, 0.25) is 0 Å². The van der Waals surface area contributed by atoms with Crippen molar-refractivity contribution in [3.63, 3.8) is 0 Å². The van der Waals surface area contributed by atoms with Gasteiger partial charge in [-0.25, -0.2) is 18.8 Å². The molecule has 0 saturated carbocycles. The molecule has 7 rings (SSSR count). The van der Waals surface area contributed by atoms with E-state index in [9.17, 15) is 34.7 Å². The molecule has 1 aliphatic heterocycles. The SMILES string of the molecule is O=S(=O)(O)c1cccc(C2N=C(c3ccccc3Sc3ccc(F)cc3)N=C(c3ccccc3Sc3ccc(F)cc3)N2c2cccc(S(=O)(=O)O)c2)c1. The molecule has 1 atom stereocenters. The van der Waals surface area contributed by atoms with Crippen LogP contribution in [0.25, 0.3) is 0 Å². The third-order valence-electron chi connectivity index (χ3n) is 8.12. The molecule has 1 heterocycles. The lowest BCUT2D eigenvalue weighted by Crippen LogP contribution is -2.39. The van der Waals surface area contributed by atoms with Gasteiger partial charge in [-0.05, 0) is 96.6 Å². The molecule has 0 spiro atoms. The number of aliphatic imine (C=N–C) groups is 2. The lowest BCUT2D eigenvalue weighted by Gasteiger charge is -2.36. The number of anilines is 1. The maximum absolute atomic E-state index is 13.9. The van der Waals surface area contributed by atoms with Crippen LogP contribution in [0.15, 0.2) is 185 Å². The molecule has 6 aromatic carbocycles. The highest BCUT2D eigenvalue weighted by atomic mass is 32.2. The number of halogens is 2. The maximum Gasteiger partial charge on any atom is 0.294 e. The van der Waals surface area contributed by atoms with Crippen LogP contribution >= 0.6 is 23.5 Å². The van der Waals surface area contributed by atoms with Gasteiger partial charge in [-0.1, -0.05) is 78.1 Å². The molecule has 0 radical (unpaired) electrons. The molecule has 2 N–H and O–H groups in total. The van der Waals surface area contributed by atoms with Gasteiger partial charge in [-0.2, -0.15) is 16.8 Å². The summed E-state index contributed by atoms with van der Waals surface area (Å²) in [5, 5.41) is 0. The largest absolute Gasteiger partial charge is 0.299 e. The first kappa shape index (κ1) is 37.2. The van der Waals surface area contributed by atoms with E-state index in [0.717, 1.165) is 4.90 Å². The predicted molar refractivity (Wildman–Crippen MR) is 205 cm³/mol. The predicted octanol–water partition coefficient (Wildman–Crippen LogP) is 9.17. The number of benzene rings is 6. The second kappa shape index (κ2) is 15.3. The lowest BCUT2D eigenvalue weighted by atomic mass is 10.1. The Kier molecular flexibility index (Phi) is 10.5. The van der Waals surface area contributed by atoms with E-state index < -0.39 is 42.0 Å². The average molecular weight is 800 g/mol. The zero-order valence-corrected chi connectivity index (χ0v) is 31.0. The van der Waals surface area contributed by atoms with E-state index in [1.165, 1.54) is 84.2 Å². The van der Waals surface area contributed by atoms with Crippen molar-refractivity contribution in [2.75, 3.05) is 4.90 Å². The Hall–Kier alpha value is -5.16. The van der Waals surface area contributed by atoms with Crippen molar-refractivity contribution in [1.29, 1.82) is 0 Å². The van der Waals surface area contributed by atoms with Crippen LogP contribution in [0, 0.1) is 11.6 Å². The van der Waals surface area contributed by atoms with Crippen LogP contribution in [-0.4, -0.2) is 37.6 Å². The Morgan fingerprint density at radius 2 is 1.07 bits per heavy atom. The van der Waals surface area contributed by atoms with Crippen molar-refractivity contribution in [3.05, 3.63) is 174 Å². The highest BCUT2D eigenvalue weighted by Crippen LogP contribution is 2.40.